The Morgan fingerprint density at radius 3 is 1.89 bits per heavy atom. The van der Waals surface area contributed by atoms with Crippen molar-refractivity contribution in [2.75, 3.05) is 0 Å². The van der Waals surface area contributed by atoms with Crippen molar-refractivity contribution in [2.45, 2.75) is 129 Å². The first-order valence-corrected chi connectivity index (χ1v) is 22.3. The van der Waals surface area contributed by atoms with Crippen LogP contribution in [0, 0.1) is 6.33 Å². The highest BCUT2D eigenvalue weighted by Gasteiger charge is 2.46. The van der Waals surface area contributed by atoms with Crippen LogP contribution >= 0.6 is 0 Å². The van der Waals surface area contributed by atoms with Crippen LogP contribution < -0.4 is 9.30 Å². The Kier molecular flexibility index (Phi) is 8.67. The maximum absolute atomic E-state index is 6.80. The Hall–Kier alpha value is -5.68. The number of aromatic nitrogens is 4. The van der Waals surface area contributed by atoms with Crippen molar-refractivity contribution in [3.63, 3.8) is 0 Å². The minimum absolute atomic E-state index is 0.00160. The molecule has 0 bridgehead atoms. The van der Waals surface area contributed by atoms with E-state index in [1.165, 1.54) is 57.1 Å². The molecule has 8 aromatic rings. The number of hydrogen-bond acceptors (Lipinski definition) is 2. The second-order valence-electron chi connectivity index (χ2n) is 21.6. The molecule has 3 heterocycles. The molecule has 0 amide bonds. The summed E-state index contributed by atoms with van der Waals surface area (Å²) in [5.74, 6) is 2.45. The van der Waals surface area contributed by atoms with Crippen molar-refractivity contribution in [3.8, 4) is 28.7 Å². The smallest absolute Gasteiger partial charge is 0.269 e. The second kappa shape index (κ2) is 13.4. The molecule has 2 aliphatic rings. The van der Waals surface area contributed by atoms with Crippen LogP contribution in [-0.4, -0.2) is 14.1 Å². The van der Waals surface area contributed by atoms with Gasteiger partial charge in [0, 0.05) is 23.0 Å². The zero-order valence-electron chi connectivity index (χ0n) is 38.0. The Labute approximate surface area is 362 Å². The fourth-order valence-electron chi connectivity index (χ4n) is 10.6. The van der Waals surface area contributed by atoms with Gasteiger partial charge in [0.05, 0.1) is 33.4 Å². The number of hydrogen-bond donors (Lipinski definition) is 0. The lowest BCUT2D eigenvalue weighted by molar-refractivity contribution is -0.574. The summed E-state index contributed by atoms with van der Waals surface area (Å²) >= 11 is 0. The molecule has 310 valence electrons. The van der Waals surface area contributed by atoms with Crippen LogP contribution in [0.3, 0.4) is 0 Å². The number of fused-ring (bicyclic) bond motifs is 6. The van der Waals surface area contributed by atoms with E-state index < -0.39 is 0 Å². The molecular weight excluding hydrogens is 745 g/mol. The molecule has 10 rings (SSSR count). The van der Waals surface area contributed by atoms with Crippen molar-refractivity contribution < 1.29 is 9.30 Å². The highest BCUT2D eigenvalue weighted by Crippen LogP contribution is 2.55. The molecule has 0 saturated carbocycles. The molecule has 5 heteroatoms. The molecule has 0 aliphatic heterocycles. The summed E-state index contributed by atoms with van der Waals surface area (Å²) < 4.78 is 13.7. The van der Waals surface area contributed by atoms with Crippen LogP contribution in [0.5, 0.6) is 11.5 Å². The number of pyridine rings is 1. The van der Waals surface area contributed by atoms with Gasteiger partial charge in [-0.3, -0.25) is 13.7 Å². The van der Waals surface area contributed by atoms with Gasteiger partial charge in [-0.2, -0.15) is 0 Å². The third kappa shape index (κ3) is 6.33. The van der Waals surface area contributed by atoms with Gasteiger partial charge in [-0.1, -0.05) is 131 Å². The predicted molar refractivity (Wildman–Crippen MR) is 252 cm³/mol. The molecule has 0 atom stereocenters. The minimum Gasteiger partial charge on any atom is -0.458 e. The lowest BCUT2D eigenvalue weighted by atomic mass is 9.56. The molecule has 5 nitrogen and oxygen atoms in total. The van der Waals surface area contributed by atoms with Crippen molar-refractivity contribution in [2.24, 2.45) is 0 Å². The van der Waals surface area contributed by atoms with E-state index in [1.54, 1.807) is 0 Å². The van der Waals surface area contributed by atoms with Gasteiger partial charge in [-0.25, -0.2) is 4.98 Å². The van der Waals surface area contributed by atoms with Gasteiger partial charge in [0.25, 0.3) is 6.33 Å². The molecule has 0 N–H and O–H groups in total. The quantitative estimate of drug-likeness (QED) is 0.128. The Morgan fingerprint density at radius 2 is 1.20 bits per heavy atom. The van der Waals surface area contributed by atoms with E-state index in [0.717, 1.165) is 57.9 Å². The van der Waals surface area contributed by atoms with E-state index in [-0.39, 0.29) is 27.1 Å². The molecule has 0 fully saturated rings. The molecule has 3 aromatic heterocycles. The van der Waals surface area contributed by atoms with E-state index in [9.17, 15) is 0 Å². The van der Waals surface area contributed by atoms with Gasteiger partial charge in [0.15, 0.2) is 0 Å². The maximum atomic E-state index is 6.80. The topological polar surface area (TPSA) is 35.9 Å². The number of rotatable bonds is 5. The Morgan fingerprint density at radius 1 is 0.590 bits per heavy atom. The largest absolute Gasteiger partial charge is 0.458 e. The van der Waals surface area contributed by atoms with E-state index in [0.29, 0.717) is 0 Å². The third-order valence-electron chi connectivity index (χ3n) is 14.4. The van der Waals surface area contributed by atoms with Crippen molar-refractivity contribution in [1.29, 1.82) is 0 Å². The third-order valence-corrected chi connectivity index (χ3v) is 14.4. The molecular formula is C56H60N4O. The van der Waals surface area contributed by atoms with Gasteiger partial charge in [0.1, 0.15) is 17.3 Å². The molecule has 5 aromatic carbocycles. The van der Waals surface area contributed by atoms with E-state index >= 15 is 0 Å². The highest BCUT2D eigenvalue weighted by atomic mass is 16.5. The minimum atomic E-state index is -0.00160. The fraction of sp³-hybridized carbons (Fsp3) is 0.357. The number of benzene rings is 5. The van der Waals surface area contributed by atoms with Gasteiger partial charge < -0.3 is 4.74 Å². The normalized spacial score (nSPS) is 17.7. The summed E-state index contributed by atoms with van der Waals surface area (Å²) in [5, 5.41) is 2.36. The number of para-hydroxylation sites is 3. The van der Waals surface area contributed by atoms with Crippen LogP contribution in [-0.2, 0) is 27.1 Å². The van der Waals surface area contributed by atoms with Gasteiger partial charge in [0.2, 0.25) is 0 Å². The van der Waals surface area contributed by atoms with Crippen LogP contribution in [0.2, 0.25) is 0 Å². The molecule has 0 unspecified atom stereocenters. The first-order chi connectivity index (χ1) is 28.8. The SMILES string of the molecule is CC(C)(C)c1ccnc(-n2c3ccccc3c3ccc(Oc4cccc(-n5[c-][n+](-c6c7c(cc8c6C(C)(C)CCC8(C)C)C(C)(C)CCC7(C)C)c6ccccc65)c4)cc32)c1. The number of imidazole rings is 1. The Balaban J connectivity index is 1.12. The zero-order valence-corrected chi connectivity index (χ0v) is 38.0. The summed E-state index contributed by atoms with van der Waals surface area (Å²) in [6, 6.07) is 39.3. The monoisotopic (exact) mass is 804 g/mol. The summed E-state index contributed by atoms with van der Waals surface area (Å²) in [7, 11) is 0. The number of ether oxygens (including phenoxy) is 1. The van der Waals surface area contributed by atoms with Gasteiger partial charge in [-0.15, -0.1) is 0 Å². The maximum Gasteiger partial charge on any atom is 0.269 e. The standard InChI is InChI=1S/C56H60N4O/c1-52(2,3)36-25-30-57-48(31-36)60-44-20-13-12-19-40(44)41-24-23-39(33-47(41)60)61-38-18-16-17-37(32-38)58-35-59(46-22-15-14-21-45(46)58)51-49-42(53(4,5)26-28-55(49,8)9)34-43-50(51)56(10,11)29-27-54(43,6)7/h12-25,30-34H,26-29H2,1-11H3. The fourth-order valence-corrected chi connectivity index (χ4v) is 10.6. The molecule has 0 saturated heterocycles. The van der Waals surface area contributed by atoms with E-state index in [1.807, 2.05) is 6.20 Å². The molecule has 0 radical (unpaired) electrons. The summed E-state index contributed by atoms with van der Waals surface area (Å²) in [4.78, 5) is 4.89. The average Bonchev–Trinajstić information content (AvgIpc) is 3.77. The van der Waals surface area contributed by atoms with Crippen LogP contribution in [0.4, 0.5) is 0 Å². The van der Waals surface area contributed by atoms with Crippen LogP contribution in [0.1, 0.15) is 130 Å². The van der Waals surface area contributed by atoms with Gasteiger partial charge in [-0.05, 0) is 129 Å². The summed E-state index contributed by atoms with van der Waals surface area (Å²) in [6.45, 7) is 26.4. The average molecular weight is 805 g/mol. The van der Waals surface area contributed by atoms with Crippen molar-refractivity contribution >= 4 is 32.8 Å². The second-order valence-corrected chi connectivity index (χ2v) is 21.6. The van der Waals surface area contributed by atoms with Crippen LogP contribution in [0.25, 0.3) is 50.0 Å². The van der Waals surface area contributed by atoms with Gasteiger partial charge >= 0.3 is 0 Å². The highest BCUT2D eigenvalue weighted by molar-refractivity contribution is 6.09. The zero-order chi connectivity index (χ0) is 42.9. The van der Waals surface area contributed by atoms with E-state index in [4.69, 9.17) is 9.72 Å². The van der Waals surface area contributed by atoms with Crippen LogP contribution in [0.15, 0.2) is 115 Å². The predicted octanol–water partition coefficient (Wildman–Crippen LogP) is 14.0. The first-order valence-electron chi connectivity index (χ1n) is 22.3. The summed E-state index contributed by atoms with van der Waals surface area (Å²) in [5.41, 5.74) is 14.2. The van der Waals surface area contributed by atoms with Crippen molar-refractivity contribution in [1.82, 2.24) is 14.1 Å². The molecule has 2 aliphatic carbocycles. The summed E-state index contributed by atoms with van der Waals surface area (Å²) in [6.07, 6.45) is 10.6. The Bertz CT molecular complexity index is 3000. The lowest BCUT2D eigenvalue weighted by Crippen LogP contribution is -2.46. The number of nitrogens with zero attached hydrogens (tertiary/aromatic N) is 4. The lowest BCUT2D eigenvalue weighted by Gasteiger charge is -2.49. The molecule has 61 heavy (non-hydrogen) atoms. The molecule has 0 spiro atoms. The van der Waals surface area contributed by atoms with Crippen molar-refractivity contribution in [3.05, 3.63) is 150 Å². The van der Waals surface area contributed by atoms with E-state index in [2.05, 4.69) is 205 Å². The first kappa shape index (κ1) is 39.5.